The Morgan fingerprint density at radius 1 is 1.04 bits per heavy atom. The molecular weight excluding hydrogens is 334 g/mol. The molecule has 0 spiro atoms. The lowest BCUT2D eigenvalue weighted by atomic mass is 10.0. The fourth-order valence-corrected chi connectivity index (χ4v) is 2.48. The van der Waals surface area contributed by atoms with E-state index in [0.29, 0.717) is 6.42 Å². The van der Waals surface area contributed by atoms with Gasteiger partial charge in [-0.3, -0.25) is 9.59 Å². The average Bonchev–Trinajstić information content (AvgIpc) is 2.63. The van der Waals surface area contributed by atoms with Gasteiger partial charge in [0.1, 0.15) is 12.6 Å². The van der Waals surface area contributed by atoms with Gasteiger partial charge in [0.2, 0.25) is 5.91 Å². The predicted molar refractivity (Wildman–Crippen MR) is 96.1 cm³/mol. The van der Waals surface area contributed by atoms with Crippen molar-refractivity contribution in [2.75, 3.05) is 13.2 Å². The van der Waals surface area contributed by atoms with Gasteiger partial charge in [0.15, 0.2) is 0 Å². The number of nitrogens with one attached hydrogen (secondary N) is 1. The van der Waals surface area contributed by atoms with E-state index in [-0.39, 0.29) is 37.4 Å². The minimum Gasteiger partial charge on any atom is -0.465 e. The number of amides is 1. The molecule has 1 aliphatic rings. The summed E-state index contributed by atoms with van der Waals surface area (Å²) in [6.45, 7) is 3.69. The number of cyclic esters (lactones) is 2. The number of hydrogen-bond acceptors (Lipinski definition) is 5. The van der Waals surface area contributed by atoms with Crippen molar-refractivity contribution in [1.29, 1.82) is 0 Å². The van der Waals surface area contributed by atoms with Crippen molar-refractivity contribution < 1.29 is 23.9 Å². The van der Waals surface area contributed by atoms with Gasteiger partial charge in [0, 0.05) is 12.3 Å². The van der Waals surface area contributed by atoms with Crippen LogP contribution >= 0.6 is 0 Å². The molecule has 1 heterocycles. The van der Waals surface area contributed by atoms with Gasteiger partial charge in [0.25, 0.3) is 0 Å². The van der Waals surface area contributed by atoms with Crippen molar-refractivity contribution in [2.24, 2.45) is 11.8 Å². The molecule has 1 aliphatic heterocycles. The number of carbonyl (C=O) groups excluding carboxylic acids is 3. The normalized spacial score (nSPS) is 25.6. The Kier molecular flexibility index (Phi) is 7.38. The van der Waals surface area contributed by atoms with Gasteiger partial charge in [-0.25, -0.2) is 4.79 Å². The monoisotopic (exact) mass is 359 g/mol. The van der Waals surface area contributed by atoms with Gasteiger partial charge >= 0.3 is 11.9 Å². The predicted octanol–water partition coefficient (Wildman–Crippen LogP) is 2.03. The highest BCUT2D eigenvalue weighted by atomic mass is 16.5. The van der Waals surface area contributed by atoms with E-state index in [9.17, 15) is 14.4 Å². The average molecular weight is 359 g/mol. The first kappa shape index (κ1) is 19.7. The highest BCUT2D eigenvalue weighted by Crippen LogP contribution is 2.09. The van der Waals surface area contributed by atoms with Gasteiger partial charge in [-0.05, 0) is 5.56 Å². The second kappa shape index (κ2) is 9.75. The molecule has 0 unspecified atom stereocenters. The number of carbonyl (C=O) groups is 3. The molecule has 0 fully saturated rings. The van der Waals surface area contributed by atoms with E-state index < -0.39 is 17.9 Å². The van der Waals surface area contributed by atoms with Crippen molar-refractivity contribution in [2.45, 2.75) is 32.7 Å². The third kappa shape index (κ3) is 6.35. The Balaban J connectivity index is 2.14. The molecule has 1 aromatic rings. The third-order valence-electron chi connectivity index (χ3n) is 4.06. The molecule has 6 heteroatoms. The molecule has 3 atom stereocenters. The summed E-state index contributed by atoms with van der Waals surface area (Å²) in [5.74, 6) is -1.81. The van der Waals surface area contributed by atoms with Crippen molar-refractivity contribution in [3.05, 3.63) is 48.0 Å². The summed E-state index contributed by atoms with van der Waals surface area (Å²) >= 11 is 0. The van der Waals surface area contributed by atoms with E-state index in [0.717, 1.165) is 5.56 Å². The van der Waals surface area contributed by atoms with E-state index >= 15 is 0 Å². The van der Waals surface area contributed by atoms with E-state index in [2.05, 4.69) is 5.32 Å². The Bertz CT molecular complexity index is 655. The zero-order valence-electron chi connectivity index (χ0n) is 15.1. The molecule has 0 bridgehead atoms. The fourth-order valence-electron chi connectivity index (χ4n) is 2.48. The first-order chi connectivity index (χ1) is 12.5. The van der Waals surface area contributed by atoms with Crippen molar-refractivity contribution in [1.82, 2.24) is 5.32 Å². The summed E-state index contributed by atoms with van der Waals surface area (Å²) in [7, 11) is 0. The fraction of sp³-hybridized carbons (Fsp3) is 0.450. The van der Waals surface area contributed by atoms with Crippen molar-refractivity contribution in [3.8, 4) is 0 Å². The van der Waals surface area contributed by atoms with Crippen LogP contribution in [0.15, 0.2) is 42.5 Å². The number of rotatable bonds is 2. The molecule has 1 aromatic carbocycles. The molecule has 1 amide bonds. The maximum atomic E-state index is 12.5. The summed E-state index contributed by atoms with van der Waals surface area (Å²) in [5, 5.41) is 2.73. The third-order valence-corrected chi connectivity index (χ3v) is 4.06. The molecular formula is C20H25NO5. The maximum Gasteiger partial charge on any atom is 0.329 e. The molecule has 140 valence electrons. The summed E-state index contributed by atoms with van der Waals surface area (Å²) in [5.41, 5.74) is 0.919. The van der Waals surface area contributed by atoms with E-state index in [1.54, 1.807) is 13.0 Å². The van der Waals surface area contributed by atoms with E-state index in [4.69, 9.17) is 9.47 Å². The number of benzene rings is 1. The number of ether oxygens (including phenoxy) is 2. The Labute approximate surface area is 153 Å². The highest BCUT2D eigenvalue weighted by molar-refractivity contribution is 5.86. The lowest BCUT2D eigenvalue weighted by molar-refractivity contribution is -0.150. The zero-order chi connectivity index (χ0) is 18.9. The van der Waals surface area contributed by atoms with Crippen molar-refractivity contribution in [3.63, 3.8) is 0 Å². The quantitative estimate of drug-likeness (QED) is 0.645. The zero-order valence-corrected chi connectivity index (χ0v) is 15.1. The van der Waals surface area contributed by atoms with Crippen LogP contribution in [0.4, 0.5) is 0 Å². The maximum absolute atomic E-state index is 12.5. The van der Waals surface area contributed by atoms with Crippen LogP contribution in [0.5, 0.6) is 0 Å². The first-order valence-corrected chi connectivity index (χ1v) is 8.79. The lowest BCUT2D eigenvalue weighted by Crippen LogP contribution is -2.46. The number of hydrogen-bond donors (Lipinski definition) is 1. The van der Waals surface area contributed by atoms with Crippen LogP contribution in [-0.2, 0) is 30.3 Å². The van der Waals surface area contributed by atoms with E-state index in [1.165, 1.54) is 0 Å². The molecule has 0 aliphatic carbocycles. The molecule has 0 saturated carbocycles. The minimum atomic E-state index is -0.790. The summed E-state index contributed by atoms with van der Waals surface area (Å²) in [6.07, 6.45) is 3.97. The molecule has 26 heavy (non-hydrogen) atoms. The lowest BCUT2D eigenvalue weighted by Gasteiger charge is -2.21. The van der Waals surface area contributed by atoms with Crippen LogP contribution in [0, 0.1) is 11.8 Å². The SMILES string of the molecule is C[C@@H]1C=CCC(=O)OC[C@H](C)C(=O)N[C@@H](Cc2ccccc2)C(=O)OC1. The first-order valence-electron chi connectivity index (χ1n) is 8.79. The van der Waals surface area contributed by atoms with Crippen LogP contribution in [0.2, 0.25) is 0 Å². The van der Waals surface area contributed by atoms with Crippen LogP contribution in [-0.4, -0.2) is 37.1 Å². The van der Waals surface area contributed by atoms with Crippen molar-refractivity contribution >= 4 is 17.8 Å². The van der Waals surface area contributed by atoms with Crippen LogP contribution in [0.25, 0.3) is 0 Å². The minimum absolute atomic E-state index is 0.0266. The molecule has 0 radical (unpaired) electrons. The Hall–Kier alpha value is -2.63. The summed E-state index contributed by atoms with van der Waals surface area (Å²) in [4.78, 5) is 36.5. The molecule has 1 N–H and O–H groups in total. The van der Waals surface area contributed by atoms with Gasteiger partial charge in [-0.2, -0.15) is 0 Å². The van der Waals surface area contributed by atoms with Gasteiger partial charge < -0.3 is 14.8 Å². The van der Waals surface area contributed by atoms with Gasteiger partial charge in [0.05, 0.1) is 18.9 Å². The van der Waals surface area contributed by atoms with Crippen LogP contribution in [0.1, 0.15) is 25.8 Å². The molecule has 0 aromatic heterocycles. The number of esters is 2. The highest BCUT2D eigenvalue weighted by Gasteiger charge is 2.26. The molecule has 2 rings (SSSR count). The van der Waals surface area contributed by atoms with Crippen LogP contribution < -0.4 is 5.32 Å². The van der Waals surface area contributed by atoms with Crippen LogP contribution in [0.3, 0.4) is 0 Å². The standard InChI is InChI=1S/C20H25NO5/c1-14-7-6-10-18(22)25-13-15(2)19(23)21-17(20(24)26-12-14)11-16-8-4-3-5-9-16/h3-9,14-15,17H,10-13H2,1-2H3,(H,21,23)/t14-,15+,17+/m1/s1. The second-order valence-electron chi connectivity index (χ2n) is 6.57. The molecule has 6 nitrogen and oxygen atoms in total. The Morgan fingerprint density at radius 3 is 2.50 bits per heavy atom. The molecule has 0 saturated heterocycles. The second-order valence-corrected chi connectivity index (χ2v) is 6.57. The van der Waals surface area contributed by atoms with E-state index in [1.807, 2.05) is 43.3 Å². The summed E-state index contributed by atoms with van der Waals surface area (Å²) in [6, 6.07) is 8.63. The Morgan fingerprint density at radius 2 is 1.77 bits per heavy atom. The smallest absolute Gasteiger partial charge is 0.329 e. The largest absolute Gasteiger partial charge is 0.465 e. The van der Waals surface area contributed by atoms with Gasteiger partial charge in [-0.1, -0.05) is 56.3 Å². The summed E-state index contributed by atoms with van der Waals surface area (Å²) < 4.78 is 10.5. The van der Waals surface area contributed by atoms with Gasteiger partial charge in [-0.15, -0.1) is 0 Å². The topological polar surface area (TPSA) is 81.7 Å².